The Balaban J connectivity index is 1.52. The second-order valence-electron chi connectivity index (χ2n) is 9.11. The average Bonchev–Trinajstić information content (AvgIpc) is 3.35. The maximum Gasteiger partial charge on any atom is 0.257 e. The quantitative estimate of drug-likeness (QED) is 0.438. The van der Waals surface area contributed by atoms with Gasteiger partial charge in [0.1, 0.15) is 0 Å². The highest BCUT2D eigenvalue weighted by Crippen LogP contribution is 2.51. The van der Waals surface area contributed by atoms with Crippen LogP contribution in [0, 0.1) is 19.8 Å². The van der Waals surface area contributed by atoms with Crippen LogP contribution in [0.25, 0.3) is 0 Å². The summed E-state index contributed by atoms with van der Waals surface area (Å²) in [6, 6.07) is 18.1. The Hall–Kier alpha value is -3.73. The van der Waals surface area contributed by atoms with Gasteiger partial charge in [-0.25, -0.2) is 0 Å². The molecule has 5 rings (SSSR count). The summed E-state index contributed by atoms with van der Waals surface area (Å²) < 4.78 is 11.0. The Morgan fingerprint density at radius 2 is 1.79 bits per heavy atom. The van der Waals surface area contributed by atoms with Gasteiger partial charge >= 0.3 is 0 Å². The van der Waals surface area contributed by atoms with Crippen molar-refractivity contribution in [3.05, 3.63) is 94.6 Å². The molecule has 0 radical (unpaired) electrons. The SMILES string of the molecule is COc1ccc(C2Nc3c(C(=O)Nc4ccc(C)c(C)c4)cccc3C3C=CCC32)cc1OC. The summed E-state index contributed by atoms with van der Waals surface area (Å²) in [6.07, 6.45) is 5.51. The number of hydrogen-bond acceptors (Lipinski definition) is 4. The summed E-state index contributed by atoms with van der Waals surface area (Å²) in [5.41, 5.74) is 6.99. The molecule has 0 aromatic heterocycles. The molecule has 1 aliphatic heterocycles. The zero-order valence-corrected chi connectivity index (χ0v) is 20.0. The predicted octanol–water partition coefficient (Wildman–Crippen LogP) is 6.40. The van der Waals surface area contributed by atoms with Crippen LogP contribution >= 0.6 is 0 Å². The molecule has 1 heterocycles. The van der Waals surface area contributed by atoms with E-state index in [4.69, 9.17) is 9.47 Å². The van der Waals surface area contributed by atoms with Crippen molar-refractivity contribution >= 4 is 17.3 Å². The molecule has 2 N–H and O–H groups in total. The molecule has 3 unspecified atom stereocenters. The molecular formula is C29H30N2O3. The van der Waals surface area contributed by atoms with Gasteiger partial charge in [0.05, 0.1) is 31.5 Å². The Bertz CT molecular complexity index is 1280. The maximum atomic E-state index is 13.4. The Morgan fingerprint density at radius 1 is 0.971 bits per heavy atom. The minimum absolute atomic E-state index is 0.0443. The van der Waals surface area contributed by atoms with Crippen LogP contribution < -0.4 is 20.1 Å². The first-order valence-electron chi connectivity index (χ1n) is 11.7. The van der Waals surface area contributed by atoms with E-state index < -0.39 is 0 Å². The number of ether oxygens (including phenoxy) is 2. The van der Waals surface area contributed by atoms with Crippen molar-refractivity contribution in [3.63, 3.8) is 0 Å². The van der Waals surface area contributed by atoms with Gasteiger partial charge in [0.25, 0.3) is 5.91 Å². The van der Waals surface area contributed by atoms with Crippen molar-refractivity contribution in [1.29, 1.82) is 0 Å². The lowest BCUT2D eigenvalue weighted by atomic mass is 9.76. The number of anilines is 2. The summed E-state index contributed by atoms with van der Waals surface area (Å²) in [4.78, 5) is 13.4. The van der Waals surface area contributed by atoms with Crippen LogP contribution in [0.15, 0.2) is 66.7 Å². The lowest BCUT2D eigenvalue weighted by Crippen LogP contribution is -2.31. The monoisotopic (exact) mass is 454 g/mol. The van der Waals surface area contributed by atoms with Gasteiger partial charge in [0.15, 0.2) is 11.5 Å². The van der Waals surface area contributed by atoms with E-state index in [1.54, 1.807) is 14.2 Å². The number of aryl methyl sites for hydroxylation is 2. The predicted molar refractivity (Wildman–Crippen MR) is 136 cm³/mol. The minimum atomic E-state index is -0.112. The number of amides is 1. The first kappa shape index (κ1) is 22.1. The molecule has 0 fully saturated rings. The number of rotatable bonds is 5. The van der Waals surface area contributed by atoms with Crippen LogP contribution in [0.1, 0.15) is 51.0 Å². The van der Waals surface area contributed by atoms with E-state index in [1.165, 1.54) is 11.1 Å². The van der Waals surface area contributed by atoms with E-state index in [9.17, 15) is 4.79 Å². The van der Waals surface area contributed by atoms with Crippen LogP contribution in [0.4, 0.5) is 11.4 Å². The van der Waals surface area contributed by atoms with E-state index in [0.29, 0.717) is 23.0 Å². The van der Waals surface area contributed by atoms with Crippen LogP contribution in [0.5, 0.6) is 11.5 Å². The fraction of sp³-hybridized carbons (Fsp3) is 0.276. The number of carbonyl (C=O) groups excluding carboxylic acids is 1. The molecule has 3 aromatic rings. The molecule has 0 spiro atoms. The minimum Gasteiger partial charge on any atom is -0.493 e. The van der Waals surface area contributed by atoms with Crippen LogP contribution in [0.3, 0.4) is 0 Å². The molecule has 0 saturated heterocycles. The second kappa shape index (κ2) is 8.90. The van der Waals surface area contributed by atoms with Crippen molar-refractivity contribution in [2.45, 2.75) is 32.2 Å². The topological polar surface area (TPSA) is 59.6 Å². The number of allylic oxidation sites excluding steroid dienone is 2. The standard InChI is InChI=1S/C29H30N2O3/c1-17-11-13-20(15-18(17)2)30-29(32)24-10-6-9-23-21-7-5-8-22(21)27(31-28(23)24)19-12-14-25(33-3)26(16-19)34-4/h5-7,9-16,21-22,27,31H,8H2,1-4H3,(H,30,32). The summed E-state index contributed by atoms with van der Waals surface area (Å²) in [7, 11) is 3.30. The number of fused-ring (bicyclic) bond motifs is 3. The van der Waals surface area contributed by atoms with Gasteiger partial charge in [-0.05, 0) is 78.8 Å². The average molecular weight is 455 g/mol. The van der Waals surface area contributed by atoms with E-state index in [0.717, 1.165) is 28.9 Å². The molecule has 2 aliphatic rings. The Labute approximate surface area is 200 Å². The Kier molecular flexibility index (Phi) is 5.78. The van der Waals surface area contributed by atoms with Gasteiger partial charge in [0.2, 0.25) is 0 Å². The summed E-state index contributed by atoms with van der Waals surface area (Å²) in [5, 5.41) is 6.82. The lowest BCUT2D eigenvalue weighted by molar-refractivity contribution is 0.102. The first-order chi connectivity index (χ1) is 16.5. The second-order valence-corrected chi connectivity index (χ2v) is 9.11. The fourth-order valence-electron chi connectivity index (χ4n) is 5.20. The van der Waals surface area contributed by atoms with Crippen molar-refractivity contribution in [1.82, 2.24) is 0 Å². The Morgan fingerprint density at radius 3 is 2.56 bits per heavy atom. The van der Waals surface area contributed by atoms with Gasteiger partial charge in [-0.15, -0.1) is 0 Å². The summed E-state index contributed by atoms with van der Waals surface area (Å²) in [6.45, 7) is 4.12. The summed E-state index contributed by atoms with van der Waals surface area (Å²) >= 11 is 0. The number of methoxy groups -OCH3 is 2. The zero-order valence-electron chi connectivity index (χ0n) is 20.0. The fourth-order valence-corrected chi connectivity index (χ4v) is 5.20. The van der Waals surface area contributed by atoms with Gasteiger partial charge in [-0.2, -0.15) is 0 Å². The molecule has 0 bridgehead atoms. The van der Waals surface area contributed by atoms with E-state index in [1.807, 2.05) is 42.5 Å². The van der Waals surface area contributed by atoms with E-state index >= 15 is 0 Å². The molecular weight excluding hydrogens is 424 g/mol. The molecule has 5 heteroatoms. The molecule has 34 heavy (non-hydrogen) atoms. The summed E-state index contributed by atoms with van der Waals surface area (Å²) in [5.74, 6) is 1.92. The number of benzene rings is 3. The van der Waals surface area contributed by atoms with Gasteiger partial charge in [-0.1, -0.05) is 36.4 Å². The molecule has 5 nitrogen and oxygen atoms in total. The first-order valence-corrected chi connectivity index (χ1v) is 11.7. The van der Waals surface area contributed by atoms with Crippen molar-refractivity contribution in [2.75, 3.05) is 24.9 Å². The van der Waals surface area contributed by atoms with Gasteiger partial charge < -0.3 is 20.1 Å². The smallest absolute Gasteiger partial charge is 0.257 e. The molecule has 1 aliphatic carbocycles. The molecule has 1 amide bonds. The van der Waals surface area contributed by atoms with Crippen LogP contribution in [0.2, 0.25) is 0 Å². The molecule has 174 valence electrons. The van der Waals surface area contributed by atoms with Crippen LogP contribution in [-0.2, 0) is 0 Å². The highest BCUT2D eigenvalue weighted by Gasteiger charge is 2.39. The number of hydrogen-bond donors (Lipinski definition) is 2. The lowest BCUT2D eigenvalue weighted by Gasteiger charge is -2.38. The third-order valence-electron chi connectivity index (χ3n) is 7.17. The highest BCUT2D eigenvalue weighted by molar-refractivity contribution is 6.08. The van der Waals surface area contributed by atoms with Crippen LogP contribution in [-0.4, -0.2) is 20.1 Å². The normalized spacial score (nSPS) is 20.2. The van der Waals surface area contributed by atoms with Crippen molar-refractivity contribution < 1.29 is 14.3 Å². The van der Waals surface area contributed by atoms with Crippen molar-refractivity contribution in [3.8, 4) is 11.5 Å². The zero-order chi connectivity index (χ0) is 23.8. The molecule has 3 aromatic carbocycles. The molecule has 0 saturated carbocycles. The van der Waals surface area contributed by atoms with Crippen molar-refractivity contribution in [2.24, 2.45) is 5.92 Å². The van der Waals surface area contributed by atoms with E-state index in [2.05, 4.69) is 48.8 Å². The third-order valence-corrected chi connectivity index (χ3v) is 7.17. The highest BCUT2D eigenvalue weighted by atomic mass is 16.5. The number of para-hydroxylation sites is 1. The number of carbonyl (C=O) groups is 1. The van der Waals surface area contributed by atoms with Gasteiger partial charge in [0, 0.05) is 11.6 Å². The largest absolute Gasteiger partial charge is 0.493 e. The molecule has 3 atom stereocenters. The third kappa shape index (κ3) is 3.81. The maximum absolute atomic E-state index is 13.4. The number of nitrogens with one attached hydrogen (secondary N) is 2. The van der Waals surface area contributed by atoms with E-state index in [-0.39, 0.29) is 17.9 Å². The van der Waals surface area contributed by atoms with Gasteiger partial charge in [-0.3, -0.25) is 4.79 Å².